The Hall–Kier alpha value is -1.89. The molecule has 1 aromatic heterocycles. The normalized spacial score (nSPS) is 16.1. The van der Waals surface area contributed by atoms with E-state index in [0.29, 0.717) is 24.4 Å². The van der Waals surface area contributed by atoms with Gasteiger partial charge in [0.05, 0.1) is 5.69 Å². The minimum atomic E-state index is -0.768. The predicted octanol–water partition coefficient (Wildman–Crippen LogP) is 3.09. The number of benzene rings is 1. The highest BCUT2D eigenvalue weighted by molar-refractivity contribution is 5.98. The second kappa shape index (κ2) is 7.99. The maximum absolute atomic E-state index is 12.8. The first-order valence-corrected chi connectivity index (χ1v) is 8.14. The maximum Gasteiger partial charge on any atom is 0.256 e. The first-order valence-electron chi connectivity index (χ1n) is 8.14. The number of carbonyl (C=O) groups excluding carboxylic acids is 1. The lowest BCUT2D eigenvalue weighted by Crippen LogP contribution is -2.51. The number of halogens is 1. The Morgan fingerprint density at radius 1 is 1.32 bits per heavy atom. The molecule has 0 unspecified atom stereocenters. The fraction of sp³-hybridized carbons (Fsp3) is 0.444. The van der Waals surface area contributed by atoms with Gasteiger partial charge in [0.2, 0.25) is 5.89 Å². The second-order valence-corrected chi connectivity index (χ2v) is 6.23. The molecule has 1 saturated heterocycles. The van der Waals surface area contributed by atoms with Crippen LogP contribution in [0, 0.1) is 13.8 Å². The molecule has 1 aliphatic rings. The fourth-order valence-corrected chi connectivity index (χ4v) is 3.01. The third-order valence-electron chi connectivity index (χ3n) is 4.56. The average molecular weight is 366 g/mol. The number of rotatable bonds is 4. The monoisotopic (exact) mass is 365 g/mol. The van der Waals surface area contributed by atoms with Gasteiger partial charge in [-0.3, -0.25) is 4.79 Å². The number of hydrogen-bond donors (Lipinski definition) is 2. The Morgan fingerprint density at radius 2 is 2.04 bits per heavy atom. The molecule has 25 heavy (non-hydrogen) atoms. The number of amides is 1. The van der Waals surface area contributed by atoms with Gasteiger partial charge in [-0.2, -0.15) is 0 Å². The molecule has 2 aromatic rings. The lowest BCUT2D eigenvalue weighted by atomic mass is 9.91. The number of carbonyl (C=O) groups is 1. The van der Waals surface area contributed by atoms with Gasteiger partial charge in [0.15, 0.2) is 0 Å². The van der Waals surface area contributed by atoms with Crippen molar-refractivity contribution in [3.05, 3.63) is 35.7 Å². The SMILES string of the molecule is COC1(C(=O)Nc2ccc(C)c(-c3nc(C)co3)c2)CCNCC1.Cl. The van der Waals surface area contributed by atoms with E-state index < -0.39 is 5.60 Å². The van der Waals surface area contributed by atoms with E-state index >= 15 is 0 Å². The van der Waals surface area contributed by atoms with Crippen LogP contribution in [0.4, 0.5) is 5.69 Å². The molecule has 0 saturated carbocycles. The molecule has 6 nitrogen and oxygen atoms in total. The van der Waals surface area contributed by atoms with Crippen LogP contribution in [0.1, 0.15) is 24.1 Å². The van der Waals surface area contributed by atoms with Gasteiger partial charge in [-0.1, -0.05) is 6.07 Å². The first kappa shape index (κ1) is 19.4. The molecule has 2 heterocycles. The summed E-state index contributed by atoms with van der Waals surface area (Å²) < 4.78 is 11.1. The van der Waals surface area contributed by atoms with Gasteiger partial charge in [-0.05, 0) is 57.5 Å². The molecule has 2 N–H and O–H groups in total. The number of methoxy groups -OCH3 is 1. The molecular weight excluding hydrogens is 342 g/mol. The largest absolute Gasteiger partial charge is 0.444 e. The van der Waals surface area contributed by atoms with E-state index in [1.54, 1.807) is 13.4 Å². The topological polar surface area (TPSA) is 76.4 Å². The van der Waals surface area contributed by atoms with Gasteiger partial charge in [-0.15, -0.1) is 12.4 Å². The number of nitrogens with one attached hydrogen (secondary N) is 2. The minimum Gasteiger partial charge on any atom is -0.444 e. The highest BCUT2D eigenvalue weighted by atomic mass is 35.5. The van der Waals surface area contributed by atoms with Gasteiger partial charge in [0.25, 0.3) is 5.91 Å². The molecule has 7 heteroatoms. The van der Waals surface area contributed by atoms with E-state index in [1.165, 1.54) is 0 Å². The minimum absolute atomic E-state index is 0. The Bertz CT molecular complexity index is 739. The van der Waals surface area contributed by atoms with E-state index in [0.717, 1.165) is 29.9 Å². The molecule has 0 aliphatic carbocycles. The maximum atomic E-state index is 12.8. The second-order valence-electron chi connectivity index (χ2n) is 6.23. The number of aromatic nitrogens is 1. The van der Waals surface area contributed by atoms with Crippen LogP contribution >= 0.6 is 12.4 Å². The van der Waals surface area contributed by atoms with Crippen molar-refractivity contribution in [2.75, 3.05) is 25.5 Å². The van der Waals surface area contributed by atoms with Crippen molar-refractivity contribution in [2.45, 2.75) is 32.3 Å². The zero-order valence-corrected chi connectivity index (χ0v) is 15.5. The Labute approximate surface area is 153 Å². The van der Waals surface area contributed by atoms with Crippen molar-refractivity contribution in [3.63, 3.8) is 0 Å². The highest BCUT2D eigenvalue weighted by Gasteiger charge is 2.39. The van der Waals surface area contributed by atoms with Crippen molar-refractivity contribution in [1.29, 1.82) is 0 Å². The average Bonchev–Trinajstić information content (AvgIpc) is 3.03. The van der Waals surface area contributed by atoms with Gasteiger partial charge in [0.1, 0.15) is 11.9 Å². The molecule has 1 fully saturated rings. The Balaban J connectivity index is 0.00000225. The van der Waals surface area contributed by atoms with Crippen LogP contribution in [0.3, 0.4) is 0 Å². The molecule has 3 rings (SSSR count). The first-order chi connectivity index (χ1) is 11.5. The smallest absolute Gasteiger partial charge is 0.256 e. The Kier molecular flexibility index (Phi) is 6.21. The van der Waals surface area contributed by atoms with Crippen LogP contribution in [0.15, 0.2) is 28.9 Å². The summed E-state index contributed by atoms with van der Waals surface area (Å²) in [5.74, 6) is 0.453. The summed E-state index contributed by atoms with van der Waals surface area (Å²) in [7, 11) is 1.60. The number of nitrogens with zero attached hydrogens (tertiary/aromatic N) is 1. The van der Waals surface area contributed by atoms with E-state index in [4.69, 9.17) is 9.15 Å². The molecule has 0 spiro atoms. The van der Waals surface area contributed by atoms with Gasteiger partial charge >= 0.3 is 0 Å². The van der Waals surface area contributed by atoms with Crippen molar-refractivity contribution < 1.29 is 13.9 Å². The standard InChI is InChI=1S/C18H23N3O3.ClH/c1-12-4-5-14(10-15(12)16-20-13(2)11-24-16)21-17(22)18(23-3)6-8-19-9-7-18;/h4-5,10-11,19H,6-9H2,1-3H3,(H,21,22);1H. The lowest BCUT2D eigenvalue weighted by Gasteiger charge is -2.34. The number of hydrogen-bond acceptors (Lipinski definition) is 5. The van der Waals surface area contributed by atoms with Crippen molar-refractivity contribution >= 4 is 24.0 Å². The predicted molar refractivity (Wildman–Crippen MR) is 99.1 cm³/mol. The summed E-state index contributed by atoms with van der Waals surface area (Å²) in [6, 6.07) is 5.73. The van der Waals surface area contributed by atoms with Crippen LogP contribution in [0.25, 0.3) is 11.5 Å². The zero-order chi connectivity index (χ0) is 17.2. The van der Waals surface area contributed by atoms with E-state index in [1.807, 2.05) is 32.0 Å². The molecule has 1 aromatic carbocycles. The van der Waals surface area contributed by atoms with E-state index in [-0.39, 0.29) is 18.3 Å². The van der Waals surface area contributed by atoms with Gasteiger partial charge in [0, 0.05) is 18.4 Å². The summed E-state index contributed by atoms with van der Waals surface area (Å²) in [4.78, 5) is 17.1. The number of piperidine rings is 1. The van der Waals surface area contributed by atoms with E-state index in [2.05, 4.69) is 15.6 Å². The van der Waals surface area contributed by atoms with Gasteiger partial charge < -0.3 is 19.8 Å². The van der Waals surface area contributed by atoms with Crippen molar-refractivity contribution in [1.82, 2.24) is 10.3 Å². The molecule has 136 valence electrons. The molecule has 1 amide bonds. The van der Waals surface area contributed by atoms with Crippen molar-refractivity contribution in [3.8, 4) is 11.5 Å². The summed E-state index contributed by atoms with van der Waals surface area (Å²) in [5, 5.41) is 6.24. The molecule has 0 atom stereocenters. The van der Waals surface area contributed by atoms with Crippen LogP contribution in [-0.2, 0) is 9.53 Å². The van der Waals surface area contributed by atoms with Crippen LogP contribution < -0.4 is 10.6 Å². The summed E-state index contributed by atoms with van der Waals surface area (Å²) in [5.41, 5.74) is 2.68. The molecular formula is C18H24ClN3O3. The van der Waals surface area contributed by atoms with E-state index in [9.17, 15) is 4.79 Å². The summed E-state index contributed by atoms with van der Waals surface area (Å²) in [6.07, 6.45) is 2.94. The lowest BCUT2D eigenvalue weighted by molar-refractivity contribution is -0.140. The number of aryl methyl sites for hydroxylation is 2. The third-order valence-corrected chi connectivity index (χ3v) is 4.56. The fourth-order valence-electron chi connectivity index (χ4n) is 3.01. The number of ether oxygens (including phenoxy) is 1. The number of oxazole rings is 1. The van der Waals surface area contributed by atoms with Crippen molar-refractivity contribution in [2.24, 2.45) is 0 Å². The third kappa shape index (κ3) is 4.03. The van der Waals surface area contributed by atoms with Crippen LogP contribution in [-0.4, -0.2) is 36.7 Å². The molecule has 1 aliphatic heterocycles. The highest BCUT2D eigenvalue weighted by Crippen LogP contribution is 2.28. The summed E-state index contributed by atoms with van der Waals surface area (Å²) >= 11 is 0. The summed E-state index contributed by atoms with van der Waals surface area (Å²) in [6.45, 7) is 5.42. The van der Waals surface area contributed by atoms with Crippen LogP contribution in [0.5, 0.6) is 0 Å². The Morgan fingerprint density at radius 3 is 2.64 bits per heavy atom. The molecule has 0 bridgehead atoms. The number of anilines is 1. The van der Waals surface area contributed by atoms with Crippen LogP contribution in [0.2, 0.25) is 0 Å². The van der Waals surface area contributed by atoms with Gasteiger partial charge in [-0.25, -0.2) is 4.98 Å². The zero-order valence-electron chi connectivity index (χ0n) is 14.7. The quantitative estimate of drug-likeness (QED) is 0.870. The molecule has 0 radical (unpaired) electrons.